The molecule has 6 nitrogen and oxygen atoms in total. The first-order valence-electron chi connectivity index (χ1n) is 9.65. The van der Waals surface area contributed by atoms with Crippen LogP contribution >= 0.6 is 11.6 Å². The zero-order valence-corrected chi connectivity index (χ0v) is 18.3. The van der Waals surface area contributed by atoms with Crippen LogP contribution in [0.15, 0.2) is 72.3 Å². The zero-order valence-electron chi connectivity index (χ0n) is 17.6. The zero-order chi connectivity index (χ0) is 22.9. The summed E-state index contributed by atoms with van der Waals surface area (Å²) in [5, 5.41) is 12.9. The number of anilines is 1. The number of hydrogen-bond acceptors (Lipinski definition) is 5. The lowest BCUT2D eigenvalue weighted by Crippen LogP contribution is -2.13. The van der Waals surface area contributed by atoms with E-state index in [1.165, 1.54) is 13.2 Å². The van der Waals surface area contributed by atoms with Crippen LogP contribution in [0, 0.1) is 11.3 Å². The smallest absolute Gasteiger partial charge is 0.266 e. The van der Waals surface area contributed by atoms with Crippen LogP contribution in [0.1, 0.15) is 11.1 Å². The summed E-state index contributed by atoms with van der Waals surface area (Å²) in [5.74, 6) is 1.23. The highest BCUT2D eigenvalue weighted by atomic mass is 35.5. The topological polar surface area (TPSA) is 80.6 Å². The maximum Gasteiger partial charge on any atom is 0.266 e. The number of benzene rings is 3. The maximum atomic E-state index is 12.6. The van der Waals surface area contributed by atoms with E-state index in [1.807, 2.05) is 18.2 Å². The van der Waals surface area contributed by atoms with Gasteiger partial charge in [0.2, 0.25) is 0 Å². The standard InChI is InChI=1S/C25H21ClN2O4/c1-30-23-10-5-18(24(14-23)31-2)13-19(15-27)25(29)28-21-8-11-22(12-9-21)32-16-17-3-6-20(26)7-4-17/h3-14H,16H2,1-2H3,(H,28,29)/b19-13+. The van der Waals surface area contributed by atoms with E-state index in [0.29, 0.717) is 40.1 Å². The number of halogens is 1. The predicted molar refractivity (Wildman–Crippen MR) is 124 cm³/mol. The molecule has 3 rings (SSSR count). The van der Waals surface area contributed by atoms with Crippen LogP contribution in [0.4, 0.5) is 5.69 Å². The Morgan fingerprint density at radius 1 is 1.00 bits per heavy atom. The second kappa shape index (κ2) is 10.9. The van der Waals surface area contributed by atoms with Gasteiger partial charge in [0.1, 0.15) is 35.5 Å². The van der Waals surface area contributed by atoms with Gasteiger partial charge in [-0.1, -0.05) is 23.7 Å². The van der Waals surface area contributed by atoms with Gasteiger partial charge in [0, 0.05) is 22.3 Å². The van der Waals surface area contributed by atoms with E-state index in [1.54, 1.807) is 61.7 Å². The lowest BCUT2D eigenvalue weighted by Gasteiger charge is -2.09. The first-order valence-corrected chi connectivity index (χ1v) is 10.0. The first-order chi connectivity index (χ1) is 15.5. The molecule has 0 fully saturated rings. The number of ether oxygens (including phenoxy) is 3. The third-order valence-electron chi connectivity index (χ3n) is 4.54. The van der Waals surface area contributed by atoms with Gasteiger partial charge >= 0.3 is 0 Å². The maximum absolute atomic E-state index is 12.6. The van der Waals surface area contributed by atoms with Crippen molar-refractivity contribution in [3.8, 4) is 23.3 Å². The Labute approximate surface area is 191 Å². The molecule has 0 aliphatic carbocycles. The number of carbonyl (C=O) groups is 1. The van der Waals surface area contributed by atoms with Crippen LogP contribution in [-0.2, 0) is 11.4 Å². The molecule has 0 aliphatic rings. The first kappa shape index (κ1) is 22.7. The monoisotopic (exact) mass is 448 g/mol. The van der Waals surface area contributed by atoms with Crippen LogP contribution in [-0.4, -0.2) is 20.1 Å². The second-order valence-electron chi connectivity index (χ2n) is 6.67. The van der Waals surface area contributed by atoms with E-state index >= 15 is 0 Å². The van der Waals surface area contributed by atoms with Gasteiger partial charge in [0.25, 0.3) is 5.91 Å². The van der Waals surface area contributed by atoms with Crippen molar-refractivity contribution in [2.45, 2.75) is 6.61 Å². The summed E-state index contributed by atoms with van der Waals surface area (Å²) in [5.41, 5.74) is 2.06. The number of hydrogen-bond donors (Lipinski definition) is 1. The Morgan fingerprint density at radius 2 is 1.69 bits per heavy atom. The molecule has 0 atom stereocenters. The molecule has 162 valence electrons. The van der Waals surface area contributed by atoms with Crippen molar-refractivity contribution >= 4 is 29.3 Å². The van der Waals surface area contributed by atoms with E-state index in [-0.39, 0.29) is 5.57 Å². The molecule has 1 amide bonds. The third-order valence-corrected chi connectivity index (χ3v) is 4.79. The van der Waals surface area contributed by atoms with Crippen molar-refractivity contribution in [3.05, 3.63) is 88.5 Å². The van der Waals surface area contributed by atoms with Gasteiger partial charge in [-0.25, -0.2) is 0 Å². The van der Waals surface area contributed by atoms with Crippen molar-refractivity contribution in [2.24, 2.45) is 0 Å². The Bertz CT molecular complexity index is 1150. The Balaban J connectivity index is 1.65. The molecule has 0 saturated carbocycles. The van der Waals surface area contributed by atoms with E-state index in [4.69, 9.17) is 25.8 Å². The minimum Gasteiger partial charge on any atom is -0.497 e. The number of nitriles is 1. The largest absolute Gasteiger partial charge is 0.497 e. The fourth-order valence-corrected chi connectivity index (χ4v) is 2.95. The van der Waals surface area contributed by atoms with E-state index in [0.717, 1.165) is 5.56 Å². The van der Waals surface area contributed by atoms with E-state index in [2.05, 4.69) is 5.32 Å². The molecule has 32 heavy (non-hydrogen) atoms. The number of amides is 1. The van der Waals surface area contributed by atoms with Crippen molar-refractivity contribution in [1.82, 2.24) is 0 Å². The summed E-state index contributed by atoms with van der Waals surface area (Å²) < 4.78 is 16.2. The predicted octanol–water partition coefficient (Wildman–Crippen LogP) is 5.48. The Kier molecular flexibility index (Phi) is 7.74. The molecular weight excluding hydrogens is 428 g/mol. The lowest BCUT2D eigenvalue weighted by atomic mass is 10.1. The minimum atomic E-state index is -0.528. The fraction of sp³-hybridized carbons (Fsp3) is 0.120. The average Bonchev–Trinajstić information content (AvgIpc) is 2.83. The second-order valence-corrected chi connectivity index (χ2v) is 7.11. The Hall–Kier alpha value is -3.95. The molecule has 0 aliphatic heterocycles. The summed E-state index contributed by atoms with van der Waals surface area (Å²) in [6.45, 7) is 0.397. The van der Waals surface area contributed by atoms with Crippen LogP contribution in [0.25, 0.3) is 6.08 Å². The number of rotatable bonds is 8. The van der Waals surface area contributed by atoms with Crippen molar-refractivity contribution in [2.75, 3.05) is 19.5 Å². The van der Waals surface area contributed by atoms with Crippen LogP contribution < -0.4 is 19.5 Å². The summed E-state index contributed by atoms with van der Waals surface area (Å²) >= 11 is 5.88. The molecule has 3 aromatic rings. The molecule has 0 aromatic heterocycles. The average molecular weight is 449 g/mol. The number of nitrogens with one attached hydrogen (secondary N) is 1. The minimum absolute atomic E-state index is 0.0588. The third kappa shape index (κ3) is 6.03. The van der Waals surface area contributed by atoms with Crippen molar-refractivity contribution in [3.63, 3.8) is 0 Å². The molecule has 7 heteroatoms. The number of methoxy groups -OCH3 is 2. The van der Waals surface area contributed by atoms with Crippen LogP contribution in [0.5, 0.6) is 17.2 Å². The van der Waals surface area contributed by atoms with Crippen molar-refractivity contribution < 1.29 is 19.0 Å². The van der Waals surface area contributed by atoms with Crippen LogP contribution in [0.3, 0.4) is 0 Å². The molecule has 0 saturated heterocycles. The molecule has 0 radical (unpaired) electrons. The molecular formula is C25H21ClN2O4. The van der Waals surface area contributed by atoms with E-state index in [9.17, 15) is 10.1 Å². The summed E-state index contributed by atoms with van der Waals surface area (Å²) in [4.78, 5) is 12.6. The highest BCUT2D eigenvalue weighted by Crippen LogP contribution is 2.27. The van der Waals surface area contributed by atoms with Gasteiger partial charge in [-0.05, 0) is 60.2 Å². The molecule has 0 bridgehead atoms. The highest BCUT2D eigenvalue weighted by Gasteiger charge is 2.12. The van der Waals surface area contributed by atoms with E-state index < -0.39 is 5.91 Å². The SMILES string of the molecule is COc1ccc(/C=C(\C#N)C(=O)Nc2ccc(OCc3ccc(Cl)cc3)cc2)c(OC)c1. The summed E-state index contributed by atoms with van der Waals surface area (Å²) in [6, 6.07) is 21.4. The summed E-state index contributed by atoms with van der Waals surface area (Å²) in [6.07, 6.45) is 1.47. The molecule has 0 heterocycles. The molecule has 0 unspecified atom stereocenters. The fourth-order valence-electron chi connectivity index (χ4n) is 2.82. The van der Waals surface area contributed by atoms with Gasteiger partial charge < -0.3 is 19.5 Å². The van der Waals surface area contributed by atoms with Gasteiger partial charge in [-0.3, -0.25) is 4.79 Å². The highest BCUT2D eigenvalue weighted by molar-refractivity contribution is 6.30. The normalized spacial score (nSPS) is 10.8. The van der Waals surface area contributed by atoms with Gasteiger partial charge in [0.05, 0.1) is 14.2 Å². The molecule has 1 N–H and O–H groups in total. The lowest BCUT2D eigenvalue weighted by molar-refractivity contribution is -0.112. The van der Waals surface area contributed by atoms with Crippen LogP contribution in [0.2, 0.25) is 5.02 Å². The van der Waals surface area contributed by atoms with Gasteiger partial charge in [0.15, 0.2) is 0 Å². The Morgan fingerprint density at radius 3 is 2.31 bits per heavy atom. The summed E-state index contributed by atoms with van der Waals surface area (Å²) in [7, 11) is 3.06. The molecule has 0 spiro atoms. The molecule has 3 aromatic carbocycles. The quantitative estimate of drug-likeness (QED) is 0.364. The van der Waals surface area contributed by atoms with Crippen molar-refractivity contribution in [1.29, 1.82) is 5.26 Å². The van der Waals surface area contributed by atoms with Gasteiger partial charge in [-0.2, -0.15) is 5.26 Å². The number of carbonyl (C=O) groups excluding carboxylic acids is 1. The number of nitrogens with zero attached hydrogens (tertiary/aromatic N) is 1. The van der Waals surface area contributed by atoms with Gasteiger partial charge in [-0.15, -0.1) is 0 Å².